The molecule has 1 fully saturated rings. The molecule has 0 aromatic heterocycles. The van der Waals surface area contributed by atoms with E-state index in [2.05, 4.69) is 6.92 Å². The van der Waals surface area contributed by atoms with Gasteiger partial charge in [0.05, 0.1) is 6.10 Å². The predicted octanol–water partition coefficient (Wildman–Crippen LogP) is 3.43. The number of rotatable bonds is 3. The first-order chi connectivity index (χ1) is 6.88. The average Bonchev–Trinajstić information content (AvgIpc) is 2.09. The van der Waals surface area contributed by atoms with Crippen LogP contribution in [-0.2, 0) is 0 Å². The minimum absolute atomic E-state index is 0.0194. The van der Waals surface area contributed by atoms with Crippen molar-refractivity contribution in [3.8, 4) is 0 Å². The van der Waals surface area contributed by atoms with Crippen molar-refractivity contribution in [3.05, 3.63) is 0 Å². The Labute approximate surface area is 92.4 Å². The SMILES string of the molecule is CC1CCC(O)C(CCSC(F)(F)F)C1. The van der Waals surface area contributed by atoms with E-state index in [9.17, 15) is 18.3 Å². The van der Waals surface area contributed by atoms with Crippen molar-refractivity contribution in [2.45, 2.75) is 44.2 Å². The van der Waals surface area contributed by atoms with Gasteiger partial charge in [0, 0.05) is 5.75 Å². The summed E-state index contributed by atoms with van der Waals surface area (Å²) in [6.07, 6.45) is 2.66. The van der Waals surface area contributed by atoms with Crippen LogP contribution in [0.15, 0.2) is 0 Å². The number of alkyl halides is 3. The summed E-state index contributed by atoms with van der Waals surface area (Å²) >= 11 is 0.0194. The third kappa shape index (κ3) is 5.11. The molecule has 0 amide bonds. The summed E-state index contributed by atoms with van der Waals surface area (Å²) in [5.74, 6) is 0.663. The van der Waals surface area contributed by atoms with Crippen molar-refractivity contribution in [2.75, 3.05) is 5.75 Å². The lowest BCUT2D eigenvalue weighted by atomic mass is 9.79. The zero-order valence-electron chi connectivity index (χ0n) is 8.76. The molecule has 3 atom stereocenters. The molecule has 0 saturated heterocycles. The average molecular weight is 242 g/mol. The summed E-state index contributed by atoms with van der Waals surface area (Å²) in [6, 6.07) is 0. The van der Waals surface area contributed by atoms with Gasteiger partial charge in [0.1, 0.15) is 0 Å². The highest BCUT2D eigenvalue weighted by Gasteiger charge is 2.31. The van der Waals surface area contributed by atoms with Gasteiger partial charge in [-0.15, -0.1) is 0 Å². The first-order valence-electron chi connectivity index (χ1n) is 5.27. The molecule has 0 spiro atoms. The minimum atomic E-state index is -4.13. The van der Waals surface area contributed by atoms with Crippen LogP contribution in [0, 0.1) is 11.8 Å². The van der Waals surface area contributed by atoms with Gasteiger partial charge in [-0.2, -0.15) is 13.2 Å². The Kier molecular flexibility index (Phi) is 4.77. The predicted molar refractivity (Wildman–Crippen MR) is 55.6 cm³/mol. The van der Waals surface area contributed by atoms with Crippen LogP contribution in [0.25, 0.3) is 0 Å². The van der Waals surface area contributed by atoms with E-state index >= 15 is 0 Å². The summed E-state index contributed by atoms with van der Waals surface area (Å²) in [7, 11) is 0. The fraction of sp³-hybridized carbons (Fsp3) is 1.00. The summed E-state index contributed by atoms with van der Waals surface area (Å²) in [5, 5.41) is 9.63. The summed E-state index contributed by atoms with van der Waals surface area (Å²) < 4.78 is 35.7. The van der Waals surface area contributed by atoms with Crippen molar-refractivity contribution < 1.29 is 18.3 Å². The molecule has 0 radical (unpaired) electrons. The standard InChI is InChI=1S/C10H17F3OS/c1-7-2-3-9(14)8(6-7)4-5-15-10(11,12)13/h7-9,14H,2-6H2,1H3. The summed E-state index contributed by atoms with van der Waals surface area (Å²) in [4.78, 5) is 0. The molecule has 15 heavy (non-hydrogen) atoms. The number of hydrogen-bond donors (Lipinski definition) is 1. The molecule has 1 nitrogen and oxygen atoms in total. The smallest absolute Gasteiger partial charge is 0.393 e. The van der Waals surface area contributed by atoms with E-state index in [1.807, 2.05) is 0 Å². The van der Waals surface area contributed by atoms with Gasteiger partial charge in [-0.05, 0) is 37.5 Å². The number of halogens is 3. The van der Waals surface area contributed by atoms with E-state index in [-0.39, 0.29) is 23.4 Å². The van der Waals surface area contributed by atoms with Gasteiger partial charge in [-0.1, -0.05) is 18.7 Å². The fourth-order valence-electron chi connectivity index (χ4n) is 2.12. The van der Waals surface area contributed by atoms with Crippen molar-refractivity contribution in [1.82, 2.24) is 0 Å². The van der Waals surface area contributed by atoms with E-state index in [1.165, 1.54) is 0 Å². The number of thioether (sulfide) groups is 1. The van der Waals surface area contributed by atoms with Crippen molar-refractivity contribution in [1.29, 1.82) is 0 Å². The Hall–Kier alpha value is 0.100. The molecule has 0 aromatic rings. The Morgan fingerprint density at radius 3 is 2.60 bits per heavy atom. The Balaban J connectivity index is 2.24. The van der Waals surface area contributed by atoms with Gasteiger partial charge in [-0.25, -0.2) is 0 Å². The second-order valence-electron chi connectivity index (χ2n) is 4.33. The van der Waals surface area contributed by atoms with Gasteiger partial charge in [0.25, 0.3) is 0 Å². The molecule has 3 unspecified atom stereocenters. The Morgan fingerprint density at radius 1 is 1.33 bits per heavy atom. The van der Waals surface area contributed by atoms with E-state index in [0.717, 1.165) is 19.3 Å². The van der Waals surface area contributed by atoms with Crippen molar-refractivity contribution in [2.24, 2.45) is 11.8 Å². The van der Waals surface area contributed by atoms with Crippen LogP contribution in [-0.4, -0.2) is 22.5 Å². The molecule has 1 saturated carbocycles. The highest BCUT2D eigenvalue weighted by molar-refractivity contribution is 8.00. The summed E-state index contributed by atoms with van der Waals surface area (Å²) in [5.41, 5.74) is -4.13. The van der Waals surface area contributed by atoms with Crippen LogP contribution in [0.2, 0.25) is 0 Å². The molecule has 0 heterocycles. The molecule has 1 rings (SSSR count). The second kappa shape index (κ2) is 5.43. The number of aliphatic hydroxyl groups excluding tert-OH is 1. The van der Waals surface area contributed by atoms with Gasteiger partial charge >= 0.3 is 5.51 Å². The maximum Gasteiger partial charge on any atom is 0.441 e. The van der Waals surface area contributed by atoms with Crippen LogP contribution in [0.3, 0.4) is 0 Å². The van der Waals surface area contributed by atoms with E-state index < -0.39 is 11.6 Å². The Bertz CT molecular complexity index is 196. The number of hydrogen-bond acceptors (Lipinski definition) is 2. The largest absolute Gasteiger partial charge is 0.441 e. The maximum atomic E-state index is 11.9. The van der Waals surface area contributed by atoms with Crippen LogP contribution >= 0.6 is 11.8 Å². The van der Waals surface area contributed by atoms with Crippen LogP contribution in [0.5, 0.6) is 0 Å². The lowest BCUT2D eigenvalue weighted by molar-refractivity contribution is -0.0330. The molecule has 0 aliphatic heterocycles. The minimum Gasteiger partial charge on any atom is -0.393 e. The highest BCUT2D eigenvalue weighted by atomic mass is 32.2. The lowest BCUT2D eigenvalue weighted by Gasteiger charge is -2.31. The monoisotopic (exact) mass is 242 g/mol. The van der Waals surface area contributed by atoms with Crippen molar-refractivity contribution in [3.63, 3.8) is 0 Å². The van der Waals surface area contributed by atoms with Gasteiger partial charge in [0.2, 0.25) is 0 Å². The Morgan fingerprint density at radius 2 is 2.00 bits per heavy atom. The third-order valence-electron chi connectivity index (χ3n) is 2.96. The van der Waals surface area contributed by atoms with Gasteiger partial charge in [0.15, 0.2) is 0 Å². The first-order valence-corrected chi connectivity index (χ1v) is 6.26. The maximum absolute atomic E-state index is 11.9. The topological polar surface area (TPSA) is 20.2 Å². The molecular weight excluding hydrogens is 225 g/mol. The normalized spacial score (nSPS) is 33.0. The highest BCUT2D eigenvalue weighted by Crippen LogP contribution is 2.35. The van der Waals surface area contributed by atoms with Crippen LogP contribution < -0.4 is 0 Å². The van der Waals surface area contributed by atoms with E-state index in [4.69, 9.17) is 0 Å². The van der Waals surface area contributed by atoms with Crippen LogP contribution in [0.4, 0.5) is 13.2 Å². The first kappa shape index (κ1) is 13.2. The quantitative estimate of drug-likeness (QED) is 0.818. The van der Waals surface area contributed by atoms with Gasteiger partial charge in [-0.3, -0.25) is 0 Å². The van der Waals surface area contributed by atoms with Gasteiger partial charge < -0.3 is 5.11 Å². The molecule has 0 aromatic carbocycles. The molecule has 1 aliphatic carbocycles. The van der Waals surface area contributed by atoms with Crippen LogP contribution in [0.1, 0.15) is 32.6 Å². The molecule has 0 bridgehead atoms. The second-order valence-corrected chi connectivity index (χ2v) is 5.49. The van der Waals surface area contributed by atoms with E-state index in [1.54, 1.807) is 0 Å². The third-order valence-corrected chi connectivity index (χ3v) is 3.73. The summed E-state index contributed by atoms with van der Waals surface area (Å²) in [6.45, 7) is 2.09. The van der Waals surface area contributed by atoms with Crippen molar-refractivity contribution >= 4 is 11.8 Å². The fourth-order valence-corrected chi connectivity index (χ4v) is 2.77. The number of aliphatic hydroxyl groups is 1. The zero-order valence-corrected chi connectivity index (χ0v) is 9.57. The molecule has 5 heteroatoms. The molecule has 1 aliphatic rings. The van der Waals surface area contributed by atoms with E-state index in [0.29, 0.717) is 12.3 Å². The zero-order chi connectivity index (χ0) is 11.5. The molecule has 90 valence electrons. The molecular formula is C10H17F3OS. The lowest BCUT2D eigenvalue weighted by Crippen LogP contribution is -2.28. The molecule has 1 N–H and O–H groups in total.